The molecule has 0 N–H and O–H groups in total. The van der Waals surface area contributed by atoms with Crippen LogP contribution in [0, 0.1) is 5.82 Å². The van der Waals surface area contributed by atoms with E-state index in [0.717, 1.165) is 12.0 Å². The first-order valence-electron chi connectivity index (χ1n) is 8.04. The lowest BCUT2D eigenvalue weighted by Gasteiger charge is -2.28. The molecule has 0 aliphatic carbocycles. The average molecular weight is 351 g/mol. The summed E-state index contributed by atoms with van der Waals surface area (Å²) in [7, 11) is 0. The molecular weight excluding hydrogens is 331 g/mol. The highest BCUT2D eigenvalue weighted by molar-refractivity contribution is 6.30. The average Bonchev–Trinajstić information content (AvgIpc) is 3.05. The minimum atomic E-state index is -0.929. The van der Waals surface area contributed by atoms with Gasteiger partial charge in [0.15, 0.2) is 5.79 Å². The fourth-order valence-electron chi connectivity index (χ4n) is 2.86. The Morgan fingerprint density at radius 2 is 1.83 bits per heavy atom. The van der Waals surface area contributed by atoms with Crippen LogP contribution in [0.15, 0.2) is 48.5 Å². The lowest BCUT2D eigenvalue weighted by Crippen LogP contribution is -2.27. The molecule has 2 aromatic rings. The quantitative estimate of drug-likeness (QED) is 0.679. The number of benzene rings is 2. The van der Waals surface area contributed by atoms with Gasteiger partial charge in [0.25, 0.3) is 0 Å². The standard InChI is InChI=1S/C19H20ClFO3/c20-17-11-16(12-18(21)13-17)19(23-9-10-24-19)7-4-8-22-14-15-5-2-1-3-6-15/h1-3,5-6,11-13H,4,7-10,14H2. The van der Waals surface area contributed by atoms with Crippen LogP contribution in [0.1, 0.15) is 24.0 Å². The van der Waals surface area contributed by atoms with Gasteiger partial charge in [-0.05, 0) is 30.2 Å². The molecule has 5 heteroatoms. The zero-order valence-electron chi connectivity index (χ0n) is 13.3. The Morgan fingerprint density at radius 1 is 1.08 bits per heavy atom. The molecule has 0 amide bonds. The van der Waals surface area contributed by atoms with Crippen LogP contribution in [0.5, 0.6) is 0 Å². The first-order valence-corrected chi connectivity index (χ1v) is 8.42. The Balaban J connectivity index is 1.56. The molecule has 24 heavy (non-hydrogen) atoms. The van der Waals surface area contributed by atoms with Crippen LogP contribution in [0.25, 0.3) is 0 Å². The molecule has 0 radical (unpaired) electrons. The maximum atomic E-state index is 13.7. The summed E-state index contributed by atoms with van der Waals surface area (Å²) in [6, 6.07) is 14.4. The van der Waals surface area contributed by atoms with Gasteiger partial charge in [0.05, 0.1) is 19.8 Å². The van der Waals surface area contributed by atoms with Gasteiger partial charge in [-0.25, -0.2) is 4.39 Å². The lowest BCUT2D eigenvalue weighted by atomic mass is 10.0. The van der Waals surface area contributed by atoms with Crippen molar-refractivity contribution in [2.45, 2.75) is 25.2 Å². The van der Waals surface area contributed by atoms with Crippen LogP contribution in [0.3, 0.4) is 0 Å². The summed E-state index contributed by atoms with van der Waals surface area (Å²) in [5.41, 5.74) is 1.76. The van der Waals surface area contributed by atoms with Gasteiger partial charge in [-0.2, -0.15) is 0 Å². The van der Waals surface area contributed by atoms with E-state index in [-0.39, 0.29) is 0 Å². The van der Waals surface area contributed by atoms with Gasteiger partial charge in [0.2, 0.25) is 0 Å². The van der Waals surface area contributed by atoms with E-state index in [1.807, 2.05) is 30.3 Å². The first kappa shape index (κ1) is 17.4. The second kappa shape index (κ2) is 8.08. The minimum Gasteiger partial charge on any atom is -0.377 e. The molecule has 0 saturated carbocycles. The summed E-state index contributed by atoms with van der Waals surface area (Å²) in [6.07, 6.45) is 1.32. The zero-order chi connectivity index (χ0) is 16.8. The largest absolute Gasteiger partial charge is 0.377 e. The van der Waals surface area contributed by atoms with E-state index in [1.54, 1.807) is 6.07 Å². The zero-order valence-corrected chi connectivity index (χ0v) is 14.1. The Bertz CT molecular complexity index is 637. The third kappa shape index (κ3) is 4.33. The van der Waals surface area contributed by atoms with Gasteiger partial charge in [-0.15, -0.1) is 0 Å². The molecule has 0 unspecified atom stereocenters. The monoisotopic (exact) mass is 350 g/mol. The van der Waals surface area contributed by atoms with Gasteiger partial charge < -0.3 is 14.2 Å². The number of hydrogen-bond donors (Lipinski definition) is 0. The van der Waals surface area contributed by atoms with E-state index in [1.165, 1.54) is 12.1 Å². The van der Waals surface area contributed by atoms with Gasteiger partial charge >= 0.3 is 0 Å². The van der Waals surface area contributed by atoms with Crippen molar-refractivity contribution in [1.82, 2.24) is 0 Å². The number of hydrogen-bond acceptors (Lipinski definition) is 3. The van der Waals surface area contributed by atoms with Crippen molar-refractivity contribution in [3.05, 3.63) is 70.5 Å². The van der Waals surface area contributed by atoms with Gasteiger partial charge in [0.1, 0.15) is 5.82 Å². The molecule has 1 fully saturated rings. The smallest absolute Gasteiger partial charge is 0.195 e. The minimum absolute atomic E-state index is 0.337. The number of ether oxygens (including phenoxy) is 3. The highest BCUT2D eigenvalue weighted by Crippen LogP contribution is 2.37. The molecule has 128 valence electrons. The number of rotatable bonds is 7. The number of halogens is 2. The second-order valence-corrected chi connectivity index (χ2v) is 6.19. The maximum absolute atomic E-state index is 13.7. The van der Waals surface area contributed by atoms with E-state index in [0.29, 0.717) is 43.4 Å². The Labute approximate surface area is 146 Å². The van der Waals surface area contributed by atoms with E-state index in [9.17, 15) is 4.39 Å². The molecule has 0 spiro atoms. The predicted molar refractivity (Wildman–Crippen MR) is 90.3 cm³/mol. The fourth-order valence-corrected chi connectivity index (χ4v) is 3.08. The van der Waals surface area contributed by atoms with E-state index >= 15 is 0 Å². The van der Waals surface area contributed by atoms with Crippen molar-refractivity contribution < 1.29 is 18.6 Å². The third-order valence-electron chi connectivity index (χ3n) is 3.96. The molecule has 0 bridgehead atoms. The Morgan fingerprint density at radius 3 is 2.54 bits per heavy atom. The molecule has 0 aromatic heterocycles. The molecule has 1 saturated heterocycles. The van der Waals surface area contributed by atoms with Gasteiger partial charge in [-0.1, -0.05) is 41.9 Å². The topological polar surface area (TPSA) is 27.7 Å². The predicted octanol–water partition coefficient (Wildman–Crippen LogP) is 4.68. The van der Waals surface area contributed by atoms with Crippen LogP contribution < -0.4 is 0 Å². The highest BCUT2D eigenvalue weighted by atomic mass is 35.5. The fraction of sp³-hybridized carbons (Fsp3) is 0.368. The summed E-state index contributed by atoms with van der Waals surface area (Å²) in [4.78, 5) is 0. The third-order valence-corrected chi connectivity index (χ3v) is 4.18. The van der Waals surface area contributed by atoms with Crippen LogP contribution in [0.4, 0.5) is 4.39 Å². The van der Waals surface area contributed by atoms with Crippen LogP contribution >= 0.6 is 11.6 Å². The Kier molecular flexibility index (Phi) is 5.85. The molecule has 1 heterocycles. The molecule has 3 rings (SSSR count). The maximum Gasteiger partial charge on any atom is 0.195 e. The SMILES string of the molecule is Fc1cc(Cl)cc(C2(CCCOCc3ccccc3)OCCO2)c1. The summed E-state index contributed by atoms with van der Waals surface area (Å²) in [6.45, 7) is 2.12. The molecule has 3 nitrogen and oxygen atoms in total. The van der Waals surface area contributed by atoms with Crippen molar-refractivity contribution in [2.24, 2.45) is 0 Å². The summed E-state index contributed by atoms with van der Waals surface area (Å²) < 4.78 is 31.0. The molecule has 1 aliphatic heterocycles. The van der Waals surface area contributed by atoms with Crippen molar-refractivity contribution >= 4 is 11.6 Å². The molecule has 0 atom stereocenters. The normalized spacial score (nSPS) is 16.4. The van der Waals surface area contributed by atoms with Crippen LogP contribution in [-0.4, -0.2) is 19.8 Å². The highest BCUT2D eigenvalue weighted by Gasteiger charge is 2.38. The molecule has 2 aromatic carbocycles. The summed E-state index contributed by atoms with van der Waals surface area (Å²) in [5, 5.41) is 0.337. The second-order valence-electron chi connectivity index (χ2n) is 5.75. The van der Waals surface area contributed by atoms with Crippen LogP contribution in [-0.2, 0) is 26.6 Å². The van der Waals surface area contributed by atoms with Gasteiger partial charge in [0, 0.05) is 23.6 Å². The summed E-state index contributed by atoms with van der Waals surface area (Å²) >= 11 is 5.97. The van der Waals surface area contributed by atoms with Crippen molar-refractivity contribution in [3.8, 4) is 0 Å². The van der Waals surface area contributed by atoms with Crippen molar-refractivity contribution in [1.29, 1.82) is 0 Å². The van der Waals surface area contributed by atoms with E-state index < -0.39 is 11.6 Å². The van der Waals surface area contributed by atoms with E-state index in [4.69, 9.17) is 25.8 Å². The van der Waals surface area contributed by atoms with Crippen molar-refractivity contribution in [3.63, 3.8) is 0 Å². The molecular formula is C19H20ClFO3. The van der Waals surface area contributed by atoms with Gasteiger partial charge in [-0.3, -0.25) is 0 Å². The van der Waals surface area contributed by atoms with Crippen LogP contribution in [0.2, 0.25) is 5.02 Å². The first-order chi connectivity index (χ1) is 11.7. The van der Waals surface area contributed by atoms with E-state index in [2.05, 4.69) is 0 Å². The lowest BCUT2D eigenvalue weighted by molar-refractivity contribution is -0.173. The van der Waals surface area contributed by atoms with Crippen molar-refractivity contribution in [2.75, 3.05) is 19.8 Å². The molecule has 1 aliphatic rings. The summed E-state index contributed by atoms with van der Waals surface area (Å²) in [5.74, 6) is -1.32. The Hall–Kier alpha value is -1.46.